The van der Waals surface area contributed by atoms with Gasteiger partial charge >= 0.3 is 6.18 Å². The van der Waals surface area contributed by atoms with Crippen molar-refractivity contribution in [2.45, 2.75) is 31.5 Å². The first-order valence-electron chi connectivity index (χ1n) is 7.92. The summed E-state index contributed by atoms with van der Waals surface area (Å²) in [5, 5.41) is 1.94. The van der Waals surface area contributed by atoms with E-state index >= 15 is 0 Å². The minimum atomic E-state index is -4.40. The average Bonchev–Trinajstić information content (AvgIpc) is 3.08. The number of nitrogens with zero attached hydrogens (tertiary/aromatic N) is 2. The molecule has 2 aromatic heterocycles. The number of piperidine rings is 1. The molecule has 1 aliphatic rings. The molecule has 1 aliphatic heterocycles. The summed E-state index contributed by atoms with van der Waals surface area (Å²) in [6.07, 6.45) is -2.09. The number of ether oxygens (including phenoxy) is 1. The van der Waals surface area contributed by atoms with Crippen LogP contribution in [0.2, 0.25) is 0 Å². The number of aromatic nitrogens is 1. The summed E-state index contributed by atoms with van der Waals surface area (Å²) < 4.78 is 43.2. The molecular formula is C17H17F3N2O2S. The molecular weight excluding hydrogens is 353 g/mol. The van der Waals surface area contributed by atoms with E-state index in [0.29, 0.717) is 32.4 Å². The van der Waals surface area contributed by atoms with Crippen LogP contribution in [0, 0.1) is 0 Å². The Morgan fingerprint density at radius 3 is 2.60 bits per heavy atom. The molecule has 8 heteroatoms. The van der Waals surface area contributed by atoms with Gasteiger partial charge in [0.1, 0.15) is 6.10 Å². The molecule has 134 valence electrons. The maximum absolute atomic E-state index is 12.5. The molecule has 0 aliphatic carbocycles. The van der Waals surface area contributed by atoms with Gasteiger partial charge in [-0.1, -0.05) is 6.07 Å². The number of hydrogen-bond acceptors (Lipinski definition) is 4. The van der Waals surface area contributed by atoms with Crippen LogP contribution < -0.4 is 4.74 Å². The number of carbonyl (C=O) groups is 1. The number of pyridine rings is 1. The summed E-state index contributed by atoms with van der Waals surface area (Å²) in [4.78, 5) is 18.8. The summed E-state index contributed by atoms with van der Waals surface area (Å²) in [6, 6.07) is 6.05. The molecule has 0 saturated carbocycles. The van der Waals surface area contributed by atoms with Crippen LogP contribution in [0.3, 0.4) is 0 Å². The molecule has 3 rings (SSSR count). The third kappa shape index (κ3) is 4.72. The third-order valence-electron chi connectivity index (χ3n) is 4.05. The van der Waals surface area contributed by atoms with Crippen molar-refractivity contribution in [2.24, 2.45) is 0 Å². The molecule has 2 aromatic rings. The Labute approximate surface area is 147 Å². The standard InChI is InChI=1S/C17H17F3N2O2S/c18-17(19,20)12-3-4-15(21-11-12)24-13-5-7-22(8-6-13)16(23)10-14-2-1-9-25-14/h1-4,9,11,13H,5-8,10H2. The van der Waals surface area contributed by atoms with E-state index in [9.17, 15) is 18.0 Å². The van der Waals surface area contributed by atoms with Gasteiger partial charge < -0.3 is 9.64 Å². The highest BCUT2D eigenvalue weighted by Crippen LogP contribution is 2.29. The van der Waals surface area contributed by atoms with Crippen molar-refractivity contribution < 1.29 is 22.7 Å². The highest BCUT2D eigenvalue weighted by atomic mass is 32.1. The van der Waals surface area contributed by atoms with E-state index in [0.717, 1.165) is 17.1 Å². The van der Waals surface area contributed by atoms with Gasteiger partial charge in [0.15, 0.2) is 0 Å². The molecule has 1 saturated heterocycles. The van der Waals surface area contributed by atoms with Gasteiger partial charge in [-0.15, -0.1) is 11.3 Å². The highest BCUT2D eigenvalue weighted by molar-refractivity contribution is 7.10. The topological polar surface area (TPSA) is 42.4 Å². The Hall–Kier alpha value is -2.09. The number of thiophene rings is 1. The highest BCUT2D eigenvalue weighted by Gasteiger charge is 2.31. The first kappa shape index (κ1) is 17.7. The summed E-state index contributed by atoms with van der Waals surface area (Å²) in [7, 11) is 0. The Balaban J connectivity index is 1.48. The van der Waals surface area contributed by atoms with Gasteiger partial charge in [-0.3, -0.25) is 4.79 Å². The molecule has 3 heterocycles. The number of hydrogen-bond donors (Lipinski definition) is 0. The maximum Gasteiger partial charge on any atom is 0.417 e. The van der Waals surface area contributed by atoms with Crippen molar-refractivity contribution >= 4 is 17.2 Å². The molecule has 0 spiro atoms. The monoisotopic (exact) mass is 370 g/mol. The van der Waals surface area contributed by atoms with Gasteiger partial charge in [0.25, 0.3) is 0 Å². The molecule has 0 aromatic carbocycles. The minimum absolute atomic E-state index is 0.0913. The second kappa shape index (κ2) is 7.43. The Morgan fingerprint density at radius 2 is 2.04 bits per heavy atom. The molecule has 0 radical (unpaired) electrons. The third-order valence-corrected chi connectivity index (χ3v) is 4.93. The Morgan fingerprint density at radius 1 is 1.28 bits per heavy atom. The number of halogens is 3. The predicted molar refractivity (Wildman–Crippen MR) is 87.5 cm³/mol. The lowest BCUT2D eigenvalue weighted by Crippen LogP contribution is -2.42. The van der Waals surface area contributed by atoms with Crippen LogP contribution >= 0.6 is 11.3 Å². The van der Waals surface area contributed by atoms with Gasteiger partial charge in [0.05, 0.1) is 12.0 Å². The molecule has 25 heavy (non-hydrogen) atoms. The maximum atomic E-state index is 12.5. The molecule has 0 unspecified atom stereocenters. The van der Waals surface area contributed by atoms with Crippen LogP contribution in [0.1, 0.15) is 23.3 Å². The zero-order valence-electron chi connectivity index (χ0n) is 13.3. The van der Waals surface area contributed by atoms with Crippen molar-refractivity contribution in [1.29, 1.82) is 0 Å². The van der Waals surface area contributed by atoms with Gasteiger partial charge in [-0.2, -0.15) is 13.2 Å². The van der Waals surface area contributed by atoms with E-state index in [2.05, 4.69) is 4.98 Å². The largest absolute Gasteiger partial charge is 0.474 e. The van der Waals surface area contributed by atoms with Crippen LogP contribution in [0.5, 0.6) is 5.88 Å². The van der Waals surface area contributed by atoms with E-state index in [-0.39, 0.29) is 17.9 Å². The molecule has 0 bridgehead atoms. The van der Waals surface area contributed by atoms with Gasteiger partial charge in [-0.25, -0.2) is 4.98 Å². The normalized spacial score (nSPS) is 16.0. The molecule has 4 nitrogen and oxygen atoms in total. The van der Waals surface area contributed by atoms with Crippen LogP contribution in [-0.2, 0) is 17.4 Å². The first-order valence-corrected chi connectivity index (χ1v) is 8.80. The van der Waals surface area contributed by atoms with Crippen LogP contribution in [0.15, 0.2) is 35.8 Å². The van der Waals surface area contributed by atoms with E-state index in [1.807, 2.05) is 17.5 Å². The molecule has 1 fully saturated rings. The quantitative estimate of drug-likeness (QED) is 0.823. The lowest BCUT2D eigenvalue weighted by atomic mass is 10.1. The number of amides is 1. The predicted octanol–water partition coefficient (Wildman–Crippen LogP) is 3.77. The summed E-state index contributed by atoms with van der Waals surface area (Å²) in [5.74, 6) is 0.268. The number of alkyl halides is 3. The van der Waals surface area contributed by atoms with E-state index < -0.39 is 11.7 Å². The number of carbonyl (C=O) groups excluding carboxylic acids is 1. The van der Waals surface area contributed by atoms with Crippen molar-refractivity contribution in [3.05, 3.63) is 46.3 Å². The zero-order valence-corrected chi connectivity index (χ0v) is 14.1. The van der Waals surface area contributed by atoms with E-state index in [1.54, 1.807) is 16.2 Å². The minimum Gasteiger partial charge on any atom is -0.474 e. The van der Waals surface area contributed by atoms with E-state index in [1.165, 1.54) is 6.07 Å². The summed E-state index contributed by atoms with van der Waals surface area (Å²) in [6.45, 7) is 1.16. The Bertz CT molecular complexity index is 694. The van der Waals surface area contributed by atoms with Crippen LogP contribution in [-0.4, -0.2) is 35.0 Å². The van der Waals surface area contributed by atoms with E-state index in [4.69, 9.17) is 4.74 Å². The fourth-order valence-electron chi connectivity index (χ4n) is 2.69. The number of rotatable bonds is 4. The lowest BCUT2D eigenvalue weighted by Gasteiger charge is -2.32. The Kier molecular flexibility index (Phi) is 5.27. The number of likely N-dealkylation sites (tertiary alicyclic amines) is 1. The van der Waals surface area contributed by atoms with Crippen LogP contribution in [0.25, 0.3) is 0 Å². The molecule has 0 atom stereocenters. The van der Waals surface area contributed by atoms with Crippen molar-refractivity contribution in [1.82, 2.24) is 9.88 Å². The van der Waals surface area contributed by atoms with Gasteiger partial charge in [0, 0.05) is 43.1 Å². The first-order chi connectivity index (χ1) is 11.9. The van der Waals surface area contributed by atoms with Gasteiger partial charge in [-0.05, 0) is 17.5 Å². The second-order valence-corrected chi connectivity index (χ2v) is 6.87. The average molecular weight is 370 g/mol. The lowest BCUT2D eigenvalue weighted by molar-refractivity contribution is -0.137. The van der Waals surface area contributed by atoms with Gasteiger partial charge in [0.2, 0.25) is 11.8 Å². The van der Waals surface area contributed by atoms with Crippen LogP contribution in [0.4, 0.5) is 13.2 Å². The molecule has 1 amide bonds. The summed E-state index contributed by atoms with van der Waals surface area (Å²) in [5.41, 5.74) is -0.797. The van der Waals surface area contributed by atoms with Crippen molar-refractivity contribution in [3.8, 4) is 5.88 Å². The van der Waals surface area contributed by atoms with Crippen molar-refractivity contribution in [3.63, 3.8) is 0 Å². The van der Waals surface area contributed by atoms with Crippen molar-refractivity contribution in [2.75, 3.05) is 13.1 Å². The summed E-state index contributed by atoms with van der Waals surface area (Å²) >= 11 is 1.56. The molecule has 0 N–H and O–H groups in total. The second-order valence-electron chi connectivity index (χ2n) is 5.84. The SMILES string of the molecule is O=C(Cc1cccs1)N1CCC(Oc2ccc(C(F)(F)F)cn2)CC1. The zero-order chi connectivity index (χ0) is 17.9. The fourth-order valence-corrected chi connectivity index (χ4v) is 3.38. The smallest absolute Gasteiger partial charge is 0.417 e. The fraction of sp³-hybridized carbons (Fsp3) is 0.412.